The van der Waals surface area contributed by atoms with Crippen LogP contribution in [0.1, 0.15) is 44.7 Å². The summed E-state index contributed by atoms with van der Waals surface area (Å²) in [5.41, 5.74) is 6.63. The minimum Gasteiger partial charge on any atom is -0.449 e. The quantitative estimate of drug-likeness (QED) is 0.311. The number of aliphatic hydroxyl groups excluding tert-OH is 2. The normalized spacial score (nSPS) is 26.4. The predicted molar refractivity (Wildman–Crippen MR) is 147 cm³/mol. The molecular formula is C27H36N8O7. The second-order valence-corrected chi connectivity index (χ2v) is 10.9. The highest BCUT2D eigenvalue weighted by Crippen LogP contribution is 2.32. The molecule has 0 spiro atoms. The maximum Gasteiger partial charge on any atom is 0.409 e. The first-order valence-electron chi connectivity index (χ1n) is 14.1. The molecule has 0 aliphatic carbocycles. The van der Waals surface area contributed by atoms with Gasteiger partial charge in [0.2, 0.25) is 11.7 Å². The van der Waals surface area contributed by atoms with Crippen molar-refractivity contribution in [1.29, 1.82) is 0 Å². The summed E-state index contributed by atoms with van der Waals surface area (Å²) in [6.45, 7) is 4.07. The van der Waals surface area contributed by atoms with E-state index in [1.54, 1.807) is 23.8 Å². The molecule has 0 radical (unpaired) electrons. The lowest BCUT2D eigenvalue weighted by Crippen LogP contribution is -2.42. The van der Waals surface area contributed by atoms with Crippen molar-refractivity contribution >= 4 is 34.9 Å². The fraction of sp³-hybridized carbons (Fsp3) is 0.630. The third-order valence-electron chi connectivity index (χ3n) is 7.90. The molecule has 5 heterocycles. The smallest absolute Gasteiger partial charge is 0.409 e. The average Bonchev–Trinajstić information content (AvgIpc) is 3.63. The molecule has 0 bridgehead atoms. The SMILES string of the molecule is CCNC(=O)[C@H]1O[C@@H](n2cnc3c(N)nc(C#CCC4CCN(C(=O)OCC5CC(=O)N(C)C5)CC4)nc32)[C@@H](O)C1O. The molecule has 3 amide bonds. The van der Waals surface area contributed by atoms with Crippen molar-refractivity contribution in [1.82, 2.24) is 34.6 Å². The first-order valence-corrected chi connectivity index (χ1v) is 14.1. The van der Waals surface area contributed by atoms with Crippen molar-refractivity contribution in [2.75, 3.05) is 45.6 Å². The molecule has 42 heavy (non-hydrogen) atoms. The Hall–Kier alpha value is -4.00. The van der Waals surface area contributed by atoms with Crippen LogP contribution in [0.15, 0.2) is 6.33 Å². The van der Waals surface area contributed by atoms with Crippen molar-refractivity contribution in [3.05, 3.63) is 12.2 Å². The van der Waals surface area contributed by atoms with Gasteiger partial charge in [-0.15, -0.1) is 0 Å². The van der Waals surface area contributed by atoms with Crippen LogP contribution in [0, 0.1) is 23.7 Å². The molecule has 0 aromatic carbocycles. The zero-order chi connectivity index (χ0) is 30.0. The number of carbonyl (C=O) groups is 3. The number of hydrogen-bond acceptors (Lipinski definition) is 11. The van der Waals surface area contributed by atoms with E-state index in [0.29, 0.717) is 39.0 Å². The van der Waals surface area contributed by atoms with Gasteiger partial charge in [0.05, 0.1) is 12.9 Å². The molecule has 3 aliphatic heterocycles. The summed E-state index contributed by atoms with van der Waals surface area (Å²) in [5.74, 6) is 6.17. The molecule has 2 aromatic heterocycles. The largest absolute Gasteiger partial charge is 0.449 e. The number of likely N-dealkylation sites (N-methyl/N-ethyl adjacent to an activating group) is 1. The Kier molecular flexibility index (Phi) is 8.76. The molecule has 3 aliphatic rings. The number of nitrogens with zero attached hydrogens (tertiary/aromatic N) is 6. The molecule has 15 heteroatoms. The molecular weight excluding hydrogens is 548 g/mol. The molecule has 0 saturated carbocycles. The highest BCUT2D eigenvalue weighted by molar-refractivity contribution is 5.83. The number of amides is 3. The highest BCUT2D eigenvalue weighted by atomic mass is 16.6. The summed E-state index contributed by atoms with van der Waals surface area (Å²) in [6, 6.07) is 0. The van der Waals surface area contributed by atoms with Crippen LogP contribution in [0.4, 0.5) is 10.6 Å². The standard InChI is InChI=1S/C27H36N8O7/c1-3-29-25(39)22-20(37)21(38)26(42-22)35-14-30-19-23(28)31-17(32-24(19)35)6-4-5-15-7-9-34(10-8-15)27(40)41-13-16-11-18(36)33(2)12-16/h14-16,20-22,26,37-38H,3,5,7-13H2,1-2H3,(H,29,39)(H2,28,31,32)/t16?,20?,21-,22-,26+/m0/s1. The Morgan fingerprint density at radius 2 is 1.98 bits per heavy atom. The number of nitrogens with two attached hydrogens (primary N) is 1. The second kappa shape index (κ2) is 12.5. The number of aromatic nitrogens is 4. The van der Waals surface area contributed by atoms with E-state index < -0.39 is 30.4 Å². The predicted octanol–water partition coefficient (Wildman–Crippen LogP) is -0.768. The first-order chi connectivity index (χ1) is 20.2. The molecule has 5 rings (SSSR count). The Morgan fingerprint density at radius 1 is 1.21 bits per heavy atom. The number of carbonyl (C=O) groups excluding carboxylic acids is 3. The summed E-state index contributed by atoms with van der Waals surface area (Å²) in [7, 11) is 1.75. The van der Waals surface area contributed by atoms with E-state index in [-0.39, 0.29) is 53.2 Å². The van der Waals surface area contributed by atoms with E-state index in [1.807, 2.05) is 0 Å². The maximum atomic E-state index is 12.5. The summed E-state index contributed by atoms with van der Waals surface area (Å²) in [4.78, 5) is 52.6. The second-order valence-electron chi connectivity index (χ2n) is 10.9. The van der Waals surface area contributed by atoms with Gasteiger partial charge in [0, 0.05) is 52.0 Å². The number of aliphatic hydroxyl groups is 2. The van der Waals surface area contributed by atoms with Crippen LogP contribution >= 0.6 is 0 Å². The number of hydrogen-bond donors (Lipinski definition) is 4. The van der Waals surface area contributed by atoms with Crippen LogP contribution in [0.3, 0.4) is 0 Å². The van der Waals surface area contributed by atoms with Crippen molar-refractivity contribution in [3.63, 3.8) is 0 Å². The van der Waals surface area contributed by atoms with E-state index >= 15 is 0 Å². The molecule has 2 unspecified atom stereocenters. The number of anilines is 1. The molecule has 5 N–H and O–H groups in total. The topological polar surface area (TPSA) is 198 Å². The third-order valence-corrected chi connectivity index (χ3v) is 7.90. The zero-order valence-electron chi connectivity index (χ0n) is 23.6. The number of nitrogens with one attached hydrogen (secondary N) is 1. The average molecular weight is 585 g/mol. The van der Waals surface area contributed by atoms with Gasteiger partial charge in [0.1, 0.15) is 17.7 Å². The third kappa shape index (κ3) is 6.10. The zero-order valence-corrected chi connectivity index (χ0v) is 23.6. The lowest BCUT2D eigenvalue weighted by Gasteiger charge is -2.30. The maximum absolute atomic E-state index is 12.5. The van der Waals surface area contributed by atoms with Crippen LogP contribution < -0.4 is 11.1 Å². The minimum atomic E-state index is -1.44. The van der Waals surface area contributed by atoms with Gasteiger partial charge in [-0.2, -0.15) is 0 Å². The number of imidazole rings is 1. The van der Waals surface area contributed by atoms with Gasteiger partial charge in [0.25, 0.3) is 5.91 Å². The first kappa shape index (κ1) is 29.5. The van der Waals surface area contributed by atoms with Gasteiger partial charge in [-0.25, -0.2) is 19.7 Å². The fourth-order valence-corrected chi connectivity index (χ4v) is 5.50. The summed E-state index contributed by atoms with van der Waals surface area (Å²) in [5, 5.41) is 23.6. The van der Waals surface area contributed by atoms with Crippen LogP contribution in [0.25, 0.3) is 11.2 Å². The van der Waals surface area contributed by atoms with Gasteiger partial charge >= 0.3 is 6.09 Å². The summed E-state index contributed by atoms with van der Waals surface area (Å²) in [6.07, 6.45) is -1.68. The number of piperidine rings is 1. The van der Waals surface area contributed by atoms with E-state index in [2.05, 4.69) is 32.1 Å². The van der Waals surface area contributed by atoms with E-state index in [0.717, 1.165) is 12.8 Å². The Morgan fingerprint density at radius 3 is 2.67 bits per heavy atom. The van der Waals surface area contributed by atoms with Crippen LogP contribution in [-0.4, -0.2) is 116 Å². The van der Waals surface area contributed by atoms with Gasteiger partial charge in [-0.3, -0.25) is 14.2 Å². The van der Waals surface area contributed by atoms with Gasteiger partial charge in [-0.1, -0.05) is 5.92 Å². The monoisotopic (exact) mass is 584 g/mol. The minimum absolute atomic E-state index is 0.0416. The number of rotatable bonds is 6. The molecule has 3 fully saturated rings. The molecule has 5 atom stereocenters. The molecule has 2 aromatic rings. The van der Waals surface area contributed by atoms with Gasteiger partial charge in [0.15, 0.2) is 23.8 Å². The van der Waals surface area contributed by atoms with Gasteiger partial charge < -0.3 is 40.5 Å². The van der Waals surface area contributed by atoms with E-state index in [9.17, 15) is 24.6 Å². The van der Waals surface area contributed by atoms with Gasteiger partial charge in [-0.05, 0) is 31.6 Å². The Balaban J connectivity index is 1.17. The summed E-state index contributed by atoms with van der Waals surface area (Å²) < 4.78 is 12.5. The molecule has 3 saturated heterocycles. The van der Waals surface area contributed by atoms with Crippen LogP contribution in [0.5, 0.6) is 0 Å². The van der Waals surface area contributed by atoms with Crippen molar-refractivity contribution in [3.8, 4) is 11.8 Å². The van der Waals surface area contributed by atoms with E-state index in [4.69, 9.17) is 15.2 Å². The Bertz CT molecular complexity index is 1400. The van der Waals surface area contributed by atoms with Crippen molar-refractivity contribution in [2.24, 2.45) is 11.8 Å². The van der Waals surface area contributed by atoms with Crippen LogP contribution in [-0.2, 0) is 19.1 Å². The molecule has 226 valence electrons. The fourth-order valence-electron chi connectivity index (χ4n) is 5.50. The summed E-state index contributed by atoms with van der Waals surface area (Å²) >= 11 is 0. The number of ether oxygens (including phenoxy) is 2. The number of nitrogen functional groups attached to an aromatic ring is 1. The Labute approximate surface area is 242 Å². The highest BCUT2D eigenvalue weighted by Gasteiger charge is 2.47. The van der Waals surface area contributed by atoms with Crippen LogP contribution in [0.2, 0.25) is 0 Å². The van der Waals surface area contributed by atoms with E-state index in [1.165, 1.54) is 10.9 Å². The lowest BCUT2D eigenvalue weighted by atomic mass is 9.94. The number of fused-ring (bicyclic) bond motifs is 1. The lowest BCUT2D eigenvalue weighted by molar-refractivity contribution is -0.137. The van der Waals surface area contributed by atoms with Crippen molar-refractivity contribution < 1.29 is 34.1 Å². The molecule has 15 nitrogen and oxygen atoms in total. The number of likely N-dealkylation sites (tertiary alicyclic amines) is 2. The van der Waals surface area contributed by atoms with Crippen molar-refractivity contribution in [2.45, 2.75) is 57.1 Å².